The maximum Gasteiger partial charge on any atom is 0.181 e. The minimum atomic E-state index is -3.33. The molecular weight excluding hydrogens is 286 g/mol. The van der Waals surface area contributed by atoms with Crippen LogP contribution in [-0.2, 0) is 9.84 Å². The van der Waals surface area contributed by atoms with Gasteiger partial charge in [0, 0.05) is 5.69 Å². The van der Waals surface area contributed by atoms with Crippen LogP contribution < -0.4 is 10.5 Å². The molecule has 0 aliphatic carbocycles. The number of nitrogen functional groups attached to an aromatic ring is 1. The van der Waals surface area contributed by atoms with E-state index in [1.165, 1.54) is 0 Å². The molecule has 21 heavy (non-hydrogen) atoms. The number of hydrogen-bond acceptors (Lipinski definition) is 4. The van der Waals surface area contributed by atoms with E-state index in [1.807, 2.05) is 19.9 Å². The molecule has 4 nitrogen and oxygen atoms in total. The van der Waals surface area contributed by atoms with E-state index in [2.05, 4.69) is 0 Å². The van der Waals surface area contributed by atoms with Crippen molar-refractivity contribution in [2.24, 2.45) is 0 Å². The summed E-state index contributed by atoms with van der Waals surface area (Å²) in [4.78, 5) is 0.339. The Bertz CT molecular complexity index is 722. The summed E-state index contributed by atoms with van der Waals surface area (Å²) in [5.74, 6) is 0.555. The van der Waals surface area contributed by atoms with E-state index in [4.69, 9.17) is 10.5 Å². The lowest BCUT2D eigenvalue weighted by Crippen LogP contribution is -2.14. The van der Waals surface area contributed by atoms with Crippen LogP contribution in [0.2, 0.25) is 0 Å². The predicted octanol–water partition coefficient (Wildman–Crippen LogP) is 2.74. The van der Waals surface area contributed by atoms with Gasteiger partial charge < -0.3 is 10.5 Å². The third-order valence-corrected chi connectivity index (χ3v) is 5.01. The van der Waals surface area contributed by atoms with Gasteiger partial charge in [0.25, 0.3) is 0 Å². The van der Waals surface area contributed by atoms with Gasteiger partial charge in [-0.3, -0.25) is 0 Å². The maximum absolute atomic E-state index is 12.2. The molecule has 0 aliphatic rings. The lowest BCUT2D eigenvalue weighted by molar-refractivity contribution is 0.341. The average Bonchev–Trinajstić information content (AvgIpc) is 2.44. The maximum atomic E-state index is 12.2. The third kappa shape index (κ3) is 3.98. The molecule has 0 amide bonds. The fourth-order valence-electron chi connectivity index (χ4n) is 1.86. The van der Waals surface area contributed by atoms with E-state index in [0.29, 0.717) is 16.3 Å². The molecule has 2 rings (SSSR count). The Kier molecular flexibility index (Phi) is 4.53. The van der Waals surface area contributed by atoms with Crippen LogP contribution in [0.15, 0.2) is 47.4 Å². The zero-order valence-electron chi connectivity index (χ0n) is 12.2. The fraction of sp³-hybridized carbons (Fsp3) is 0.250. The second-order valence-corrected chi connectivity index (χ2v) is 7.09. The molecule has 0 aliphatic heterocycles. The first-order valence-corrected chi connectivity index (χ1v) is 8.32. The van der Waals surface area contributed by atoms with Crippen LogP contribution in [-0.4, -0.2) is 20.8 Å². The van der Waals surface area contributed by atoms with Gasteiger partial charge in [0.15, 0.2) is 9.84 Å². The second kappa shape index (κ2) is 6.18. The van der Waals surface area contributed by atoms with Gasteiger partial charge in [-0.1, -0.05) is 6.07 Å². The Morgan fingerprint density at radius 3 is 2.29 bits per heavy atom. The third-order valence-electron chi connectivity index (χ3n) is 3.34. The molecule has 0 radical (unpaired) electrons. The fourth-order valence-corrected chi connectivity index (χ4v) is 3.03. The molecule has 0 saturated heterocycles. The zero-order valence-corrected chi connectivity index (χ0v) is 13.0. The number of rotatable bonds is 5. The van der Waals surface area contributed by atoms with Crippen LogP contribution in [0, 0.1) is 13.8 Å². The van der Waals surface area contributed by atoms with Crippen LogP contribution in [0.1, 0.15) is 11.1 Å². The van der Waals surface area contributed by atoms with E-state index in [-0.39, 0.29) is 12.4 Å². The van der Waals surface area contributed by atoms with Crippen LogP contribution in [0.25, 0.3) is 0 Å². The summed E-state index contributed by atoms with van der Waals surface area (Å²) < 4.78 is 29.9. The van der Waals surface area contributed by atoms with Crippen molar-refractivity contribution in [1.82, 2.24) is 0 Å². The monoisotopic (exact) mass is 305 g/mol. The molecule has 0 atom stereocenters. The van der Waals surface area contributed by atoms with E-state index in [1.54, 1.807) is 36.4 Å². The molecule has 2 aromatic carbocycles. The largest absolute Gasteiger partial charge is 0.493 e. The Balaban J connectivity index is 2.01. The molecule has 112 valence electrons. The number of ether oxygens (including phenoxy) is 1. The molecule has 2 aromatic rings. The lowest BCUT2D eigenvalue weighted by atomic mass is 10.1. The van der Waals surface area contributed by atoms with Gasteiger partial charge in [0.05, 0.1) is 10.6 Å². The Hall–Kier alpha value is -2.01. The number of hydrogen-bond donors (Lipinski definition) is 1. The summed E-state index contributed by atoms with van der Waals surface area (Å²) in [7, 11) is -3.33. The quantitative estimate of drug-likeness (QED) is 0.862. The Labute approximate surface area is 125 Å². The Morgan fingerprint density at radius 2 is 1.67 bits per heavy atom. The van der Waals surface area contributed by atoms with Gasteiger partial charge in [-0.15, -0.1) is 0 Å². The van der Waals surface area contributed by atoms with Crippen molar-refractivity contribution in [3.05, 3.63) is 53.6 Å². The predicted molar refractivity (Wildman–Crippen MR) is 84.3 cm³/mol. The highest BCUT2D eigenvalue weighted by molar-refractivity contribution is 7.91. The molecule has 0 saturated carbocycles. The second-order valence-electron chi connectivity index (χ2n) is 4.98. The van der Waals surface area contributed by atoms with Gasteiger partial charge in [0.1, 0.15) is 12.4 Å². The van der Waals surface area contributed by atoms with E-state index in [9.17, 15) is 8.42 Å². The molecule has 0 heterocycles. The minimum Gasteiger partial charge on any atom is -0.493 e. The van der Waals surface area contributed by atoms with E-state index >= 15 is 0 Å². The van der Waals surface area contributed by atoms with Crippen molar-refractivity contribution in [3.8, 4) is 5.75 Å². The molecule has 0 spiro atoms. The smallest absolute Gasteiger partial charge is 0.181 e. The van der Waals surface area contributed by atoms with Crippen molar-refractivity contribution < 1.29 is 13.2 Å². The normalized spacial score (nSPS) is 11.3. The number of benzene rings is 2. The number of anilines is 1. The number of sulfone groups is 1. The summed E-state index contributed by atoms with van der Waals surface area (Å²) in [6, 6.07) is 12.0. The molecular formula is C16H19NO3S. The minimum absolute atomic E-state index is 0.0557. The van der Waals surface area contributed by atoms with Gasteiger partial charge >= 0.3 is 0 Å². The SMILES string of the molecule is Cc1ccc(S(=O)(=O)CCOc2ccc(N)cc2)cc1C. The first-order chi connectivity index (χ1) is 9.88. The van der Waals surface area contributed by atoms with E-state index in [0.717, 1.165) is 11.1 Å². The highest BCUT2D eigenvalue weighted by Gasteiger charge is 2.15. The molecule has 2 N–H and O–H groups in total. The highest BCUT2D eigenvalue weighted by Crippen LogP contribution is 2.17. The number of nitrogens with two attached hydrogens (primary N) is 1. The average molecular weight is 305 g/mol. The molecule has 0 fully saturated rings. The molecule has 0 aromatic heterocycles. The van der Waals surface area contributed by atoms with Gasteiger partial charge in [0.2, 0.25) is 0 Å². The summed E-state index contributed by atoms with van der Waals surface area (Å²) in [5, 5.41) is 0. The number of aryl methyl sites for hydroxylation is 2. The van der Waals surface area contributed by atoms with Gasteiger partial charge in [-0.2, -0.15) is 0 Å². The van der Waals surface area contributed by atoms with Crippen LogP contribution in [0.4, 0.5) is 5.69 Å². The summed E-state index contributed by atoms with van der Waals surface area (Å²) in [6.45, 7) is 3.97. The molecule has 0 bridgehead atoms. The van der Waals surface area contributed by atoms with Crippen molar-refractivity contribution >= 4 is 15.5 Å². The highest BCUT2D eigenvalue weighted by atomic mass is 32.2. The van der Waals surface area contributed by atoms with Crippen molar-refractivity contribution in [1.29, 1.82) is 0 Å². The molecule has 0 unspecified atom stereocenters. The van der Waals surface area contributed by atoms with Crippen molar-refractivity contribution in [2.45, 2.75) is 18.7 Å². The first kappa shape index (κ1) is 15.4. The summed E-state index contributed by atoms with van der Waals surface area (Å²) in [5.41, 5.74) is 8.26. The van der Waals surface area contributed by atoms with Crippen LogP contribution in [0.3, 0.4) is 0 Å². The van der Waals surface area contributed by atoms with E-state index < -0.39 is 9.84 Å². The summed E-state index contributed by atoms with van der Waals surface area (Å²) >= 11 is 0. The van der Waals surface area contributed by atoms with Gasteiger partial charge in [-0.25, -0.2) is 8.42 Å². The Morgan fingerprint density at radius 1 is 1.00 bits per heavy atom. The standard InChI is InChI=1S/C16H19NO3S/c1-12-3-8-16(11-13(12)2)21(18,19)10-9-20-15-6-4-14(17)5-7-15/h3-8,11H,9-10,17H2,1-2H3. The van der Waals surface area contributed by atoms with Gasteiger partial charge in [-0.05, 0) is 61.4 Å². The molecule has 5 heteroatoms. The lowest BCUT2D eigenvalue weighted by Gasteiger charge is -2.09. The topological polar surface area (TPSA) is 69.4 Å². The van der Waals surface area contributed by atoms with Crippen LogP contribution in [0.5, 0.6) is 5.75 Å². The first-order valence-electron chi connectivity index (χ1n) is 6.67. The summed E-state index contributed by atoms with van der Waals surface area (Å²) in [6.07, 6.45) is 0. The van der Waals surface area contributed by atoms with Crippen molar-refractivity contribution in [3.63, 3.8) is 0 Å². The van der Waals surface area contributed by atoms with Crippen LogP contribution >= 0.6 is 0 Å². The van der Waals surface area contributed by atoms with Crippen molar-refractivity contribution in [2.75, 3.05) is 18.1 Å². The zero-order chi connectivity index (χ0) is 15.5.